The molecule has 1 aliphatic rings. The largest absolute Gasteiger partial charge is 0.337 e. The van der Waals surface area contributed by atoms with Gasteiger partial charge in [0.2, 0.25) is 5.91 Å². The monoisotopic (exact) mass is 184 g/mol. The van der Waals surface area contributed by atoms with Gasteiger partial charge in [0.25, 0.3) is 0 Å². The van der Waals surface area contributed by atoms with Crippen molar-refractivity contribution in [3.63, 3.8) is 0 Å². The molecule has 0 aromatic heterocycles. The molecule has 1 fully saturated rings. The molecule has 1 atom stereocenters. The van der Waals surface area contributed by atoms with Gasteiger partial charge in [-0.15, -0.1) is 0 Å². The Labute approximate surface area is 80.7 Å². The molecule has 3 nitrogen and oxygen atoms in total. The molecule has 1 heterocycles. The van der Waals surface area contributed by atoms with Crippen LogP contribution in [0.1, 0.15) is 26.7 Å². The van der Waals surface area contributed by atoms with E-state index in [1.807, 2.05) is 4.90 Å². The molecule has 0 aromatic rings. The van der Waals surface area contributed by atoms with E-state index in [9.17, 15) is 4.79 Å². The van der Waals surface area contributed by atoms with Crippen LogP contribution in [0.2, 0.25) is 0 Å². The fourth-order valence-corrected chi connectivity index (χ4v) is 1.87. The maximum Gasteiger partial charge on any atom is 0.222 e. The Balaban J connectivity index is 2.45. The van der Waals surface area contributed by atoms with E-state index in [2.05, 4.69) is 25.8 Å². The fraction of sp³-hybridized carbons (Fsp3) is 0.900. The lowest BCUT2D eigenvalue weighted by molar-refractivity contribution is -0.135. The number of piperazine rings is 1. The number of hydrogen-bond acceptors (Lipinski definition) is 2. The van der Waals surface area contributed by atoms with Crippen LogP contribution in [0.4, 0.5) is 0 Å². The number of likely N-dealkylation sites (N-methyl/N-ethyl adjacent to an activating group) is 1. The molecular formula is C10H20N2O. The third kappa shape index (κ3) is 2.69. The highest BCUT2D eigenvalue weighted by Gasteiger charge is 2.24. The molecule has 1 unspecified atom stereocenters. The van der Waals surface area contributed by atoms with Crippen molar-refractivity contribution in [1.82, 2.24) is 9.80 Å². The van der Waals surface area contributed by atoms with E-state index in [1.54, 1.807) is 0 Å². The van der Waals surface area contributed by atoms with Gasteiger partial charge < -0.3 is 9.80 Å². The molecular weight excluding hydrogens is 164 g/mol. The normalized spacial score (nSPS) is 24.8. The first-order chi connectivity index (χ1) is 6.15. The van der Waals surface area contributed by atoms with Crippen LogP contribution in [-0.2, 0) is 4.79 Å². The van der Waals surface area contributed by atoms with Gasteiger partial charge in [-0.1, -0.05) is 6.92 Å². The van der Waals surface area contributed by atoms with Crippen LogP contribution in [0.25, 0.3) is 0 Å². The highest BCUT2D eigenvalue weighted by atomic mass is 16.2. The van der Waals surface area contributed by atoms with Gasteiger partial charge in [0, 0.05) is 32.1 Å². The zero-order chi connectivity index (χ0) is 9.84. The summed E-state index contributed by atoms with van der Waals surface area (Å²) >= 11 is 0. The molecule has 0 aliphatic carbocycles. The van der Waals surface area contributed by atoms with Crippen LogP contribution in [-0.4, -0.2) is 48.4 Å². The smallest absolute Gasteiger partial charge is 0.222 e. The highest BCUT2D eigenvalue weighted by molar-refractivity contribution is 5.76. The fourth-order valence-electron chi connectivity index (χ4n) is 1.87. The lowest BCUT2D eigenvalue weighted by Crippen LogP contribution is -2.52. The van der Waals surface area contributed by atoms with Crippen LogP contribution in [0.5, 0.6) is 0 Å². The highest BCUT2D eigenvalue weighted by Crippen LogP contribution is 2.09. The predicted molar refractivity (Wildman–Crippen MR) is 53.6 cm³/mol. The standard InChI is InChI=1S/C10H20N2O/c1-4-5-10(13)12-7-6-11(3)8-9(12)2/h9H,4-8H2,1-3H3. The molecule has 0 N–H and O–H groups in total. The molecule has 0 saturated carbocycles. The third-order valence-corrected chi connectivity index (χ3v) is 2.61. The molecule has 0 radical (unpaired) electrons. The Morgan fingerprint density at radius 1 is 1.46 bits per heavy atom. The molecule has 1 saturated heterocycles. The van der Waals surface area contributed by atoms with Gasteiger partial charge >= 0.3 is 0 Å². The van der Waals surface area contributed by atoms with Crippen LogP contribution in [0.3, 0.4) is 0 Å². The number of hydrogen-bond donors (Lipinski definition) is 0. The average Bonchev–Trinajstić information content (AvgIpc) is 2.04. The summed E-state index contributed by atoms with van der Waals surface area (Å²) in [7, 11) is 2.11. The molecule has 1 amide bonds. The van der Waals surface area contributed by atoms with Crippen molar-refractivity contribution in [3.8, 4) is 0 Å². The summed E-state index contributed by atoms with van der Waals surface area (Å²) in [6.07, 6.45) is 1.66. The van der Waals surface area contributed by atoms with Crippen LogP contribution in [0, 0.1) is 0 Å². The summed E-state index contributed by atoms with van der Waals surface area (Å²) in [5.41, 5.74) is 0. The first kappa shape index (κ1) is 10.5. The Bertz CT molecular complexity index is 182. The summed E-state index contributed by atoms with van der Waals surface area (Å²) in [5.74, 6) is 0.322. The average molecular weight is 184 g/mol. The second kappa shape index (κ2) is 4.61. The molecule has 76 valence electrons. The van der Waals surface area contributed by atoms with E-state index >= 15 is 0 Å². The van der Waals surface area contributed by atoms with Crippen molar-refractivity contribution in [1.29, 1.82) is 0 Å². The van der Waals surface area contributed by atoms with Crippen LogP contribution in [0.15, 0.2) is 0 Å². The number of carbonyl (C=O) groups excluding carboxylic acids is 1. The van der Waals surface area contributed by atoms with Crippen LogP contribution < -0.4 is 0 Å². The molecule has 0 spiro atoms. The molecule has 1 rings (SSSR count). The van der Waals surface area contributed by atoms with Gasteiger partial charge in [0.05, 0.1) is 0 Å². The minimum absolute atomic E-state index is 0.322. The van der Waals surface area contributed by atoms with Gasteiger partial charge in [0.1, 0.15) is 0 Å². The van der Waals surface area contributed by atoms with Crippen molar-refractivity contribution in [2.75, 3.05) is 26.7 Å². The van der Waals surface area contributed by atoms with Crippen molar-refractivity contribution in [3.05, 3.63) is 0 Å². The molecule has 0 aromatic carbocycles. The number of rotatable bonds is 2. The van der Waals surface area contributed by atoms with Crippen molar-refractivity contribution in [2.45, 2.75) is 32.7 Å². The van der Waals surface area contributed by atoms with E-state index in [-0.39, 0.29) is 0 Å². The molecule has 0 bridgehead atoms. The second-order valence-electron chi connectivity index (χ2n) is 3.95. The van der Waals surface area contributed by atoms with Gasteiger partial charge in [-0.2, -0.15) is 0 Å². The summed E-state index contributed by atoms with van der Waals surface area (Å²) in [5, 5.41) is 0. The number of amides is 1. The molecule has 13 heavy (non-hydrogen) atoms. The first-order valence-corrected chi connectivity index (χ1v) is 5.13. The van der Waals surface area contributed by atoms with Gasteiger partial charge in [0.15, 0.2) is 0 Å². The van der Waals surface area contributed by atoms with E-state index in [0.29, 0.717) is 18.4 Å². The minimum Gasteiger partial charge on any atom is -0.337 e. The van der Waals surface area contributed by atoms with Crippen LogP contribution >= 0.6 is 0 Å². The molecule has 3 heteroatoms. The topological polar surface area (TPSA) is 23.6 Å². The summed E-state index contributed by atoms with van der Waals surface area (Å²) < 4.78 is 0. The Morgan fingerprint density at radius 2 is 2.15 bits per heavy atom. The second-order valence-corrected chi connectivity index (χ2v) is 3.95. The van der Waals surface area contributed by atoms with Gasteiger partial charge in [-0.3, -0.25) is 4.79 Å². The quantitative estimate of drug-likeness (QED) is 0.638. The summed E-state index contributed by atoms with van der Waals surface area (Å²) in [6, 6.07) is 0.387. The van der Waals surface area contributed by atoms with E-state index in [0.717, 1.165) is 26.1 Å². The van der Waals surface area contributed by atoms with E-state index in [1.165, 1.54) is 0 Å². The minimum atomic E-state index is 0.322. The van der Waals surface area contributed by atoms with E-state index < -0.39 is 0 Å². The lowest BCUT2D eigenvalue weighted by Gasteiger charge is -2.38. The van der Waals surface area contributed by atoms with Crippen molar-refractivity contribution < 1.29 is 4.79 Å². The van der Waals surface area contributed by atoms with Gasteiger partial charge in [-0.25, -0.2) is 0 Å². The third-order valence-electron chi connectivity index (χ3n) is 2.61. The predicted octanol–water partition coefficient (Wildman–Crippen LogP) is 0.949. The Kier molecular flexibility index (Phi) is 3.72. The number of carbonyl (C=O) groups is 1. The SMILES string of the molecule is CCCC(=O)N1CCN(C)CC1C. The Morgan fingerprint density at radius 3 is 2.69 bits per heavy atom. The zero-order valence-corrected chi connectivity index (χ0v) is 8.92. The maximum atomic E-state index is 11.6. The zero-order valence-electron chi connectivity index (χ0n) is 8.92. The lowest BCUT2D eigenvalue weighted by atomic mass is 10.1. The first-order valence-electron chi connectivity index (χ1n) is 5.13. The number of nitrogens with zero attached hydrogens (tertiary/aromatic N) is 2. The summed E-state index contributed by atoms with van der Waals surface area (Å²) in [6.45, 7) is 7.10. The van der Waals surface area contributed by atoms with Crippen molar-refractivity contribution in [2.24, 2.45) is 0 Å². The Hall–Kier alpha value is -0.570. The van der Waals surface area contributed by atoms with Gasteiger partial charge in [-0.05, 0) is 20.4 Å². The van der Waals surface area contributed by atoms with E-state index in [4.69, 9.17) is 0 Å². The van der Waals surface area contributed by atoms with Crippen molar-refractivity contribution >= 4 is 5.91 Å². The molecule has 1 aliphatic heterocycles. The summed E-state index contributed by atoms with van der Waals surface area (Å²) in [4.78, 5) is 15.9. The maximum absolute atomic E-state index is 11.6.